The average Bonchev–Trinajstić information content (AvgIpc) is 3.06. The Morgan fingerprint density at radius 3 is 2.43 bits per heavy atom. The van der Waals surface area contributed by atoms with Gasteiger partial charge in [-0.2, -0.15) is 9.36 Å². The fourth-order valence-corrected chi connectivity index (χ4v) is 3.36. The zero-order chi connectivity index (χ0) is 21.3. The molecule has 7 nitrogen and oxygen atoms in total. The molecular formula is C23H23N5O2. The number of rotatable bonds is 5. The first-order chi connectivity index (χ1) is 14.4. The fraction of sp³-hybridized carbons (Fsp3) is 0.217. The van der Waals surface area contributed by atoms with E-state index in [1.807, 2.05) is 69.3 Å². The number of aryl methyl sites for hydroxylation is 4. The minimum Gasteiger partial charge on any atom is -0.489 e. The molecule has 0 saturated carbocycles. The lowest BCUT2D eigenvalue weighted by Crippen LogP contribution is -2.23. The van der Waals surface area contributed by atoms with Crippen LogP contribution in [0, 0.1) is 20.8 Å². The maximum atomic E-state index is 12.3. The van der Waals surface area contributed by atoms with Gasteiger partial charge in [0.2, 0.25) is 0 Å². The summed E-state index contributed by atoms with van der Waals surface area (Å²) >= 11 is 0. The van der Waals surface area contributed by atoms with Crippen LogP contribution in [0.2, 0.25) is 0 Å². The number of pyridine rings is 1. The topological polar surface area (TPSA) is 74.8 Å². The van der Waals surface area contributed by atoms with Crippen LogP contribution in [0.25, 0.3) is 16.9 Å². The first-order valence-electron chi connectivity index (χ1n) is 9.69. The number of aromatic nitrogens is 5. The van der Waals surface area contributed by atoms with Gasteiger partial charge in [0.1, 0.15) is 12.4 Å². The van der Waals surface area contributed by atoms with E-state index in [4.69, 9.17) is 4.74 Å². The molecule has 152 valence electrons. The van der Waals surface area contributed by atoms with Gasteiger partial charge in [-0.1, -0.05) is 18.2 Å². The number of benzene rings is 2. The van der Waals surface area contributed by atoms with Crippen molar-refractivity contribution in [3.05, 3.63) is 87.5 Å². The summed E-state index contributed by atoms with van der Waals surface area (Å²) in [6, 6.07) is 17.8. The van der Waals surface area contributed by atoms with Gasteiger partial charge in [0.05, 0.1) is 11.4 Å². The standard InChI is InChI=1S/C23H23N5O2/c1-15-7-5-10-21(28-23(29)27(4)25-26-28)19(15)14-30-22-12-11-18(13-16(22)2)20-9-6-8-17(3)24-20/h5-13H,14H2,1-4H3. The Morgan fingerprint density at radius 2 is 1.73 bits per heavy atom. The van der Waals surface area contributed by atoms with Gasteiger partial charge in [-0.05, 0) is 78.7 Å². The van der Waals surface area contributed by atoms with E-state index in [-0.39, 0.29) is 5.69 Å². The summed E-state index contributed by atoms with van der Waals surface area (Å²) in [4.78, 5) is 16.9. The second-order valence-corrected chi connectivity index (χ2v) is 7.30. The number of hydrogen-bond acceptors (Lipinski definition) is 5. The monoisotopic (exact) mass is 401 g/mol. The van der Waals surface area contributed by atoms with E-state index >= 15 is 0 Å². The van der Waals surface area contributed by atoms with E-state index in [0.29, 0.717) is 12.3 Å². The Labute approximate surface area is 174 Å². The summed E-state index contributed by atoms with van der Waals surface area (Å²) in [6.07, 6.45) is 0. The Morgan fingerprint density at radius 1 is 0.933 bits per heavy atom. The van der Waals surface area contributed by atoms with Crippen LogP contribution in [0.5, 0.6) is 5.75 Å². The highest BCUT2D eigenvalue weighted by Crippen LogP contribution is 2.27. The SMILES string of the molecule is Cc1cccc(-c2ccc(OCc3c(C)cccc3-n3nnn(C)c3=O)c(C)c2)n1. The molecule has 4 rings (SSSR count). The Bertz CT molecular complexity index is 1270. The van der Waals surface area contributed by atoms with Crippen LogP contribution < -0.4 is 10.4 Å². The maximum absolute atomic E-state index is 12.3. The first kappa shape index (κ1) is 19.6. The zero-order valence-corrected chi connectivity index (χ0v) is 17.5. The largest absolute Gasteiger partial charge is 0.489 e. The quantitative estimate of drug-likeness (QED) is 0.511. The lowest BCUT2D eigenvalue weighted by atomic mass is 10.1. The average molecular weight is 401 g/mol. The van der Waals surface area contributed by atoms with Crippen molar-refractivity contribution in [2.45, 2.75) is 27.4 Å². The highest BCUT2D eigenvalue weighted by atomic mass is 16.5. The van der Waals surface area contributed by atoms with Crippen LogP contribution in [0.15, 0.2) is 59.4 Å². The van der Waals surface area contributed by atoms with E-state index in [1.54, 1.807) is 7.05 Å². The lowest BCUT2D eigenvalue weighted by molar-refractivity contribution is 0.302. The molecule has 0 saturated heterocycles. The molecule has 0 aliphatic rings. The van der Waals surface area contributed by atoms with Crippen molar-refractivity contribution in [2.75, 3.05) is 0 Å². The molecule has 7 heteroatoms. The maximum Gasteiger partial charge on any atom is 0.368 e. The summed E-state index contributed by atoms with van der Waals surface area (Å²) in [6.45, 7) is 6.30. The van der Waals surface area contributed by atoms with E-state index in [9.17, 15) is 4.79 Å². The van der Waals surface area contributed by atoms with Gasteiger partial charge < -0.3 is 4.74 Å². The Hall–Kier alpha value is -3.74. The van der Waals surface area contributed by atoms with Crippen LogP contribution in [-0.2, 0) is 13.7 Å². The summed E-state index contributed by atoms with van der Waals surface area (Å²) in [5.41, 5.74) is 6.27. The van der Waals surface area contributed by atoms with Gasteiger partial charge in [-0.3, -0.25) is 4.98 Å². The van der Waals surface area contributed by atoms with Crippen LogP contribution in [0.1, 0.15) is 22.4 Å². The van der Waals surface area contributed by atoms with Crippen molar-refractivity contribution in [3.8, 4) is 22.7 Å². The summed E-state index contributed by atoms with van der Waals surface area (Å²) in [5, 5.41) is 7.78. The highest BCUT2D eigenvalue weighted by molar-refractivity contribution is 5.62. The molecule has 0 amide bonds. The molecule has 30 heavy (non-hydrogen) atoms. The smallest absolute Gasteiger partial charge is 0.368 e. The molecule has 0 aliphatic heterocycles. The minimum atomic E-state index is -0.298. The third-order valence-corrected chi connectivity index (χ3v) is 5.07. The third kappa shape index (κ3) is 3.74. The van der Waals surface area contributed by atoms with E-state index in [0.717, 1.165) is 39.4 Å². The van der Waals surface area contributed by atoms with E-state index < -0.39 is 0 Å². The van der Waals surface area contributed by atoms with Gasteiger partial charge >= 0.3 is 5.69 Å². The molecule has 0 radical (unpaired) electrons. The predicted molar refractivity (Wildman–Crippen MR) is 115 cm³/mol. The number of tetrazole rings is 1. The molecule has 0 unspecified atom stereocenters. The molecule has 0 bridgehead atoms. The second-order valence-electron chi connectivity index (χ2n) is 7.30. The normalized spacial score (nSPS) is 10.9. The number of nitrogens with zero attached hydrogens (tertiary/aromatic N) is 5. The van der Waals surface area contributed by atoms with Gasteiger partial charge in [0.25, 0.3) is 0 Å². The second kappa shape index (κ2) is 7.94. The summed E-state index contributed by atoms with van der Waals surface area (Å²) in [5.74, 6) is 0.784. The summed E-state index contributed by atoms with van der Waals surface area (Å²) < 4.78 is 8.64. The van der Waals surface area contributed by atoms with Crippen LogP contribution in [-0.4, -0.2) is 24.8 Å². The van der Waals surface area contributed by atoms with Crippen molar-refractivity contribution >= 4 is 0 Å². The van der Waals surface area contributed by atoms with Crippen LogP contribution >= 0.6 is 0 Å². The fourth-order valence-electron chi connectivity index (χ4n) is 3.36. The van der Waals surface area contributed by atoms with Crippen LogP contribution in [0.3, 0.4) is 0 Å². The highest BCUT2D eigenvalue weighted by Gasteiger charge is 2.14. The van der Waals surface area contributed by atoms with Crippen molar-refractivity contribution < 1.29 is 4.74 Å². The van der Waals surface area contributed by atoms with Crippen molar-refractivity contribution in [1.82, 2.24) is 24.8 Å². The molecule has 0 atom stereocenters. The van der Waals surface area contributed by atoms with E-state index in [1.165, 1.54) is 9.36 Å². The molecule has 0 spiro atoms. The van der Waals surface area contributed by atoms with Crippen molar-refractivity contribution in [1.29, 1.82) is 0 Å². The van der Waals surface area contributed by atoms with Gasteiger partial charge in [0, 0.05) is 23.9 Å². The Kier molecular flexibility index (Phi) is 5.18. The Balaban J connectivity index is 1.61. The third-order valence-electron chi connectivity index (χ3n) is 5.07. The number of hydrogen-bond donors (Lipinski definition) is 0. The lowest BCUT2D eigenvalue weighted by Gasteiger charge is -2.15. The van der Waals surface area contributed by atoms with Gasteiger partial charge in [-0.25, -0.2) is 4.79 Å². The molecule has 0 fully saturated rings. The molecule has 0 N–H and O–H groups in total. The number of ether oxygens (including phenoxy) is 1. The van der Waals surface area contributed by atoms with Gasteiger partial charge in [0.15, 0.2) is 0 Å². The molecule has 2 aromatic heterocycles. The summed E-state index contributed by atoms with van der Waals surface area (Å²) in [7, 11) is 1.58. The van der Waals surface area contributed by atoms with Gasteiger partial charge in [-0.15, -0.1) is 0 Å². The molecule has 0 aliphatic carbocycles. The van der Waals surface area contributed by atoms with E-state index in [2.05, 4.69) is 21.5 Å². The van der Waals surface area contributed by atoms with Crippen LogP contribution in [0.4, 0.5) is 0 Å². The molecule has 4 aromatic rings. The first-order valence-corrected chi connectivity index (χ1v) is 9.69. The van der Waals surface area contributed by atoms with Crippen molar-refractivity contribution in [2.24, 2.45) is 7.05 Å². The molecular weight excluding hydrogens is 378 g/mol. The minimum absolute atomic E-state index is 0.298. The zero-order valence-electron chi connectivity index (χ0n) is 17.5. The molecule has 2 heterocycles. The predicted octanol–water partition coefficient (Wildman–Crippen LogP) is 3.53. The molecule has 2 aromatic carbocycles. The van der Waals surface area contributed by atoms with Crippen molar-refractivity contribution in [3.63, 3.8) is 0 Å².